The Morgan fingerprint density at radius 3 is 2.59 bits per heavy atom. The molecule has 1 spiro atoms. The number of fused-ring (bicyclic) bond motifs is 2. The third kappa shape index (κ3) is 2.76. The van der Waals surface area contributed by atoms with E-state index in [9.17, 15) is 18.0 Å². The van der Waals surface area contributed by atoms with Gasteiger partial charge >= 0.3 is 12.1 Å². The van der Waals surface area contributed by atoms with Gasteiger partial charge in [-0.05, 0) is 36.1 Å². The number of hydrogen-bond donors (Lipinski definition) is 0. The van der Waals surface area contributed by atoms with E-state index >= 15 is 0 Å². The summed E-state index contributed by atoms with van der Waals surface area (Å²) in [6.45, 7) is 1.10. The zero-order valence-corrected chi connectivity index (χ0v) is 13.3. The Bertz CT molecular complexity index is 597. The van der Waals surface area contributed by atoms with E-state index in [1.807, 2.05) is 18.2 Å². The molecule has 2 heterocycles. The number of carbonyl (C=O) groups excluding carboxylic acids is 1. The van der Waals surface area contributed by atoms with Crippen molar-refractivity contribution >= 4 is 21.8 Å². The van der Waals surface area contributed by atoms with Gasteiger partial charge in [0.25, 0.3) is 0 Å². The van der Waals surface area contributed by atoms with E-state index in [1.54, 1.807) is 0 Å². The van der Waals surface area contributed by atoms with Gasteiger partial charge in [-0.1, -0.05) is 22.0 Å². The molecule has 2 aliphatic rings. The van der Waals surface area contributed by atoms with Crippen molar-refractivity contribution in [1.82, 2.24) is 4.90 Å². The summed E-state index contributed by atoms with van der Waals surface area (Å²) >= 11 is 3.35. The van der Waals surface area contributed by atoms with E-state index in [1.165, 1.54) is 0 Å². The molecular weight excluding hydrogens is 363 g/mol. The minimum absolute atomic E-state index is 0.00424. The highest BCUT2D eigenvalue weighted by Gasteiger charge is 2.48. The van der Waals surface area contributed by atoms with E-state index in [2.05, 4.69) is 15.9 Å². The number of amides is 1. The second-order valence-corrected chi connectivity index (χ2v) is 6.77. The lowest BCUT2D eigenvalue weighted by Crippen LogP contribution is -2.53. The smallest absolute Gasteiger partial charge is 0.381 e. The summed E-state index contributed by atoms with van der Waals surface area (Å²) in [5.41, 5.74) is 1.39. The van der Waals surface area contributed by atoms with E-state index in [0.717, 1.165) is 20.5 Å². The number of benzene rings is 1. The summed E-state index contributed by atoms with van der Waals surface area (Å²) in [5, 5.41) is 0. The number of hydrogen-bond acceptors (Lipinski definition) is 2. The van der Waals surface area contributed by atoms with E-state index in [4.69, 9.17) is 4.74 Å². The van der Waals surface area contributed by atoms with Crippen LogP contribution >= 0.6 is 15.9 Å². The maximum atomic E-state index is 12.8. The minimum Gasteiger partial charge on any atom is -0.381 e. The Kier molecular flexibility index (Phi) is 3.97. The number of alkyl halides is 3. The van der Waals surface area contributed by atoms with Gasteiger partial charge in [0.2, 0.25) is 0 Å². The van der Waals surface area contributed by atoms with Crippen molar-refractivity contribution in [2.75, 3.05) is 19.8 Å². The second-order valence-electron chi connectivity index (χ2n) is 5.85. The van der Waals surface area contributed by atoms with Crippen LogP contribution < -0.4 is 0 Å². The van der Waals surface area contributed by atoms with Crippen LogP contribution in [0.1, 0.15) is 24.0 Å². The molecule has 0 radical (unpaired) electrons. The first-order chi connectivity index (χ1) is 10.3. The molecule has 0 aromatic heterocycles. The highest BCUT2D eigenvalue weighted by Crippen LogP contribution is 2.42. The monoisotopic (exact) mass is 377 g/mol. The van der Waals surface area contributed by atoms with Gasteiger partial charge in [0, 0.05) is 36.2 Å². The van der Waals surface area contributed by atoms with Crippen molar-refractivity contribution in [2.45, 2.75) is 31.0 Å². The van der Waals surface area contributed by atoms with Crippen molar-refractivity contribution < 1.29 is 22.7 Å². The first-order valence-corrected chi connectivity index (χ1v) is 7.84. The third-order valence-corrected chi connectivity index (χ3v) is 4.97. The molecule has 0 bridgehead atoms. The summed E-state index contributed by atoms with van der Waals surface area (Å²) in [6, 6.07) is 5.67. The quantitative estimate of drug-likeness (QED) is 0.693. The van der Waals surface area contributed by atoms with Gasteiger partial charge in [-0.25, -0.2) is 0 Å². The van der Waals surface area contributed by atoms with Crippen molar-refractivity contribution in [2.24, 2.45) is 0 Å². The molecular formula is C15H15BrF3NO2. The van der Waals surface area contributed by atoms with Crippen LogP contribution in [0.3, 0.4) is 0 Å². The first kappa shape index (κ1) is 15.8. The number of rotatable bonds is 0. The average Bonchev–Trinajstić information content (AvgIpc) is 2.45. The lowest BCUT2D eigenvalue weighted by molar-refractivity contribution is -0.188. The predicted octanol–water partition coefficient (Wildman–Crippen LogP) is 3.40. The average molecular weight is 378 g/mol. The maximum absolute atomic E-state index is 12.8. The molecule has 1 aromatic carbocycles. The van der Waals surface area contributed by atoms with Crippen molar-refractivity contribution in [3.63, 3.8) is 0 Å². The Morgan fingerprint density at radius 1 is 1.27 bits per heavy atom. The van der Waals surface area contributed by atoms with Crippen LogP contribution in [0.4, 0.5) is 13.2 Å². The number of nitrogens with zero attached hydrogens (tertiary/aromatic N) is 1. The maximum Gasteiger partial charge on any atom is 0.471 e. The summed E-state index contributed by atoms with van der Waals surface area (Å²) < 4.78 is 44.6. The zero-order valence-electron chi connectivity index (χ0n) is 11.8. The van der Waals surface area contributed by atoms with E-state index in [-0.39, 0.29) is 13.1 Å². The normalized spacial score (nSPS) is 20.8. The Balaban J connectivity index is 2.02. The molecule has 1 amide bonds. The summed E-state index contributed by atoms with van der Waals surface area (Å²) in [4.78, 5) is 12.6. The number of ether oxygens (including phenoxy) is 1. The lowest BCUT2D eigenvalue weighted by atomic mass is 9.70. The largest absolute Gasteiger partial charge is 0.471 e. The molecule has 120 valence electrons. The molecule has 2 aliphatic heterocycles. The van der Waals surface area contributed by atoms with Gasteiger partial charge in [-0.3, -0.25) is 4.79 Å². The van der Waals surface area contributed by atoms with Crippen LogP contribution in [0.2, 0.25) is 0 Å². The van der Waals surface area contributed by atoms with Crippen LogP contribution in [-0.2, 0) is 21.5 Å². The fourth-order valence-corrected chi connectivity index (χ4v) is 3.84. The summed E-state index contributed by atoms with van der Waals surface area (Å²) in [6.07, 6.45) is -3.58. The molecule has 0 aliphatic carbocycles. The molecule has 0 unspecified atom stereocenters. The van der Waals surface area contributed by atoms with Gasteiger partial charge in [0.1, 0.15) is 0 Å². The van der Waals surface area contributed by atoms with Gasteiger partial charge in [-0.2, -0.15) is 13.2 Å². The fraction of sp³-hybridized carbons (Fsp3) is 0.533. The van der Waals surface area contributed by atoms with Crippen molar-refractivity contribution in [3.05, 3.63) is 33.8 Å². The zero-order chi connectivity index (χ0) is 16.0. The van der Waals surface area contributed by atoms with Gasteiger partial charge in [0.15, 0.2) is 0 Å². The fourth-order valence-electron chi connectivity index (χ4n) is 3.43. The van der Waals surface area contributed by atoms with Crippen molar-refractivity contribution in [1.29, 1.82) is 0 Å². The van der Waals surface area contributed by atoms with Gasteiger partial charge < -0.3 is 9.64 Å². The Morgan fingerprint density at radius 2 is 1.95 bits per heavy atom. The molecule has 0 atom stereocenters. The summed E-state index contributed by atoms with van der Waals surface area (Å²) in [7, 11) is 0. The van der Waals surface area contributed by atoms with Crippen LogP contribution in [0, 0.1) is 0 Å². The molecule has 3 rings (SSSR count). The SMILES string of the molecule is O=C(N1Cc2cc(Br)ccc2C2(CCOCC2)C1)C(F)(F)F. The minimum atomic E-state index is -4.84. The number of carbonyl (C=O) groups is 1. The summed E-state index contributed by atoms with van der Waals surface area (Å²) in [5.74, 6) is -1.76. The first-order valence-electron chi connectivity index (χ1n) is 7.05. The molecule has 0 saturated carbocycles. The van der Waals surface area contributed by atoms with E-state index < -0.39 is 17.5 Å². The van der Waals surface area contributed by atoms with Gasteiger partial charge in [0.05, 0.1) is 0 Å². The molecule has 1 aromatic rings. The molecule has 1 fully saturated rings. The lowest BCUT2D eigenvalue weighted by Gasteiger charge is -2.46. The van der Waals surface area contributed by atoms with Crippen LogP contribution in [-0.4, -0.2) is 36.7 Å². The van der Waals surface area contributed by atoms with E-state index in [0.29, 0.717) is 26.1 Å². The standard InChI is InChI=1S/C15H15BrF3NO2/c16-11-1-2-12-10(7-11)8-20(13(21)15(17,18)19)9-14(12)3-5-22-6-4-14/h1-2,7H,3-6,8-9H2. The van der Waals surface area contributed by atoms with Crippen LogP contribution in [0.5, 0.6) is 0 Å². The Hall–Kier alpha value is -1.08. The Labute approximate surface area is 134 Å². The highest BCUT2D eigenvalue weighted by molar-refractivity contribution is 9.10. The highest BCUT2D eigenvalue weighted by atomic mass is 79.9. The number of halogens is 4. The second kappa shape index (κ2) is 5.53. The van der Waals surface area contributed by atoms with Gasteiger partial charge in [-0.15, -0.1) is 0 Å². The van der Waals surface area contributed by atoms with Crippen LogP contribution in [0.25, 0.3) is 0 Å². The molecule has 22 heavy (non-hydrogen) atoms. The molecule has 0 N–H and O–H groups in total. The molecule has 1 saturated heterocycles. The molecule has 7 heteroatoms. The molecule has 3 nitrogen and oxygen atoms in total. The topological polar surface area (TPSA) is 29.5 Å². The third-order valence-electron chi connectivity index (χ3n) is 4.47. The predicted molar refractivity (Wildman–Crippen MR) is 77.3 cm³/mol. The van der Waals surface area contributed by atoms with Crippen molar-refractivity contribution in [3.8, 4) is 0 Å². The van der Waals surface area contributed by atoms with Crippen LogP contribution in [0.15, 0.2) is 22.7 Å².